The first kappa shape index (κ1) is 17.8. The molecule has 132 valence electrons. The number of nitrogens with one attached hydrogen (secondary N) is 2. The summed E-state index contributed by atoms with van der Waals surface area (Å²) in [5.74, 6) is 0.463. The number of para-hydroxylation sites is 1. The predicted molar refractivity (Wildman–Crippen MR) is 102 cm³/mol. The highest BCUT2D eigenvalue weighted by atomic mass is 32.2. The Balaban J connectivity index is 1.93. The van der Waals surface area contributed by atoms with Gasteiger partial charge in [-0.2, -0.15) is 0 Å². The number of anilines is 2. The Bertz CT molecular complexity index is 910. The minimum atomic E-state index is -3.73. The lowest BCUT2D eigenvalue weighted by Crippen LogP contribution is -2.20. The van der Waals surface area contributed by atoms with Gasteiger partial charge in [0.2, 0.25) is 5.91 Å². The number of carbonyl (C=O) groups is 1. The molecule has 0 saturated heterocycles. The fraction of sp³-hybridized carbons (Fsp3) is 0.278. The molecule has 2 N–H and O–H groups in total. The number of thioether (sulfide) groups is 1. The van der Waals surface area contributed by atoms with Crippen LogP contribution in [0.4, 0.5) is 11.4 Å². The molecule has 1 aliphatic rings. The van der Waals surface area contributed by atoms with Crippen molar-refractivity contribution in [2.45, 2.75) is 30.1 Å². The van der Waals surface area contributed by atoms with E-state index < -0.39 is 10.0 Å². The lowest BCUT2D eigenvalue weighted by atomic mass is 10.1. The van der Waals surface area contributed by atoms with Crippen molar-refractivity contribution in [2.24, 2.45) is 5.92 Å². The topological polar surface area (TPSA) is 75.3 Å². The van der Waals surface area contributed by atoms with E-state index in [1.54, 1.807) is 36.0 Å². The average Bonchev–Trinajstić information content (AvgIpc) is 2.73. The summed E-state index contributed by atoms with van der Waals surface area (Å²) in [6.07, 6.45) is 0.730. The second kappa shape index (κ2) is 7.09. The fourth-order valence-electron chi connectivity index (χ4n) is 2.58. The van der Waals surface area contributed by atoms with Crippen LogP contribution in [0.5, 0.6) is 0 Å². The summed E-state index contributed by atoms with van der Waals surface area (Å²) in [5, 5.41) is 2.82. The van der Waals surface area contributed by atoms with Crippen LogP contribution in [0, 0.1) is 5.92 Å². The zero-order valence-electron chi connectivity index (χ0n) is 14.1. The zero-order valence-corrected chi connectivity index (χ0v) is 15.7. The van der Waals surface area contributed by atoms with Crippen molar-refractivity contribution in [3.8, 4) is 0 Å². The zero-order chi connectivity index (χ0) is 18.0. The minimum absolute atomic E-state index is 0.0925. The monoisotopic (exact) mass is 376 g/mol. The molecule has 1 amide bonds. The van der Waals surface area contributed by atoms with Crippen molar-refractivity contribution in [3.63, 3.8) is 0 Å². The highest BCUT2D eigenvalue weighted by Gasteiger charge is 2.23. The Hall–Kier alpha value is -1.99. The Morgan fingerprint density at radius 2 is 2.00 bits per heavy atom. The third-order valence-electron chi connectivity index (χ3n) is 4.10. The van der Waals surface area contributed by atoms with Crippen LogP contribution in [0.1, 0.15) is 19.4 Å². The van der Waals surface area contributed by atoms with Crippen LogP contribution >= 0.6 is 11.8 Å². The van der Waals surface area contributed by atoms with E-state index in [0.717, 1.165) is 16.9 Å². The van der Waals surface area contributed by atoms with Gasteiger partial charge in [-0.15, -0.1) is 11.8 Å². The number of amides is 1. The smallest absolute Gasteiger partial charge is 0.261 e. The molecule has 2 aromatic carbocycles. The number of fused-ring (bicyclic) bond motifs is 1. The van der Waals surface area contributed by atoms with Gasteiger partial charge in [0.05, 0.1) is 16.3 Å². The molecule has 1 aliphatic heterocycles. The third kappa shape index (κ3) is 3.82. The number of benzene rings is 2. The molecule has 0 aliphatic carbocycles. The molecule has 0 saturated carbocycles. The molecule has 25 heavy (non-hydrogen) atoms. The van der Waals surface area contributed by atoms with E-state index in [1.165, 1.54) is 6.07 Å². The Morgan fingerprint density at radius 1 is 1.24 bits per heavy atom. The Kier molecular flexibility index (Phi) is 5.06. The van der Waals surface area contributed by atoms with Gasteiger partial charge >= 0.3 is 0 Å². The first-order valence-electron chi connectivity index (χ1n) is 8.09. The number of hydrogen-bond acceptors (Lipinski definition) is 4. The first-order valence-corrected chi connectivity index (χ1v) is 10.6. The largest absolute Gasteiger partial charge is 0.325 e. The average molecular weight is 377 g/mol. The van der Waals surface area contributed by atoms with Gasteiger partial charge in [-0.1, -0.05) is 32.0 Å². The van der Waals surface area contributed by atoms with Gasteiger partial charge in [-0.05, 0) is 36.2 Å². The van der Waals surface area contributed by atoms with Crippen molar-refractivity contribution in [1.29, 1.82) is 0 Å². The predicted octanol–water partition coefficient (Wildman–Crippen LogP) is 3.73. The quantitative estimate of drug-likeness (QED) is 0.853. The maximum atomic E-state index is 12.8. The van der Waals surface area contributed by atoms with Crippen LogP contribution in [0.25, 0.3) is 0 Å². The van der Waals surface area contributed by atoms with Crippen LogP contribution in [-0.4, -0.2) is 20.1 Å². The van der Waals surface area contributed by atoms with E-state index in [4.69, 9.17) is 0 Å². The van der Waals surface area contributed by atoms with Gasteiger partial charge in [-0.3, -0.25) is 9.52 Å². The van der Waals surface area contributed by atoms with E-state index in [9.17, 15) is 13.2 Å². The molecule has 1 atom stereocenters. The molecule has 3 rings (SSSR count). The summed E-state index contributed by atoms with van der Waals surface area (Å²) in [6.45, 7) is 3.83. The van der Waals surface area contributed by atoms with Crippen LogP contribution in [0.15, 0.2) is 52.3 Å². The normalized spacial score (nSPS) is 17.4. The van der Waals surface area contributed by atoms with Gasteiger partial charge in [0.15, 0.2) is 0 Å². The van der Waals surface area contributed by atoms with Crippen molar-refractivity contribution >= 4 is 39.1 Å². The van der Waals surface area contributed by atoms with E-state index in [0.29, 0.717) is 17.1 Å². The second-order valence-electron chi connectivity index (χ2n) is 5.98. The Morgan fingerprint density at radius 3 is 2.76 bits per heavy atom. The molecule has 1 heterocycles. The van der Waals surface area contributed by atoms with E-state index in [-0.39, 0.29) is 16.7 Å². The number of hydrogen-bond donors (Lipinski definition) is 2. The summed E-state index contributed by atoms with van der Waals surface area (Å²) >= 11 is 1.55. The van der Waals surface area contributed by atoms with Gasteiger partial charge in [0.25, 0.3) is 10.0 Å². The van der Waals surface area contributed by atoms with Gasteiger partial charge in [0, 0.05) is 16.6 Å². The summed E-state index contributed by atoms with van der Waals surface area (Å²) in [5.41, 5.74) is 2.05. The van der Waals surface area contributed by atoms with Crippen molar-refractivity contribution in [1.82, 2.24) is 0 Å². The van der Waals surface area contributed by atoms with Crippen LogP contribution < -0.4 is 10.0 Å². The second-order valence-corrected chi connectivity index (χ2v) is 8.72. The van der Waals surface area contributed by atoms with Crippen LogP contribution in [0.2, 0.25) is 0 Å². The highest BCUT2D eigenvalue weighted by molar-refractivity contribution is 7.99. The number of sulfonamides is 1. The maximum Gasteiger partial charge on any atom is 0.261 e. The van der Waals surface area contributed by atoms with E-state index >= 15 is 0 Å². The molecule has 0 radical (unpaired) electrons. The molecule has 0 spiro atoms. The molecular weight excluding hydrogens is 356 g/mol. The number of rotatable bonds is 4. The van der Waals surface area contributed by atoms with Crippen LogP contribution in [0.3, 0.4) is 0 Å². The summed E-state index contributed by atoms with van der Waals surface area (Å²) in [4.78, 5) is 13.0. The third-order valence-corrected chi connectivity index (χ3v) is 6.80. The number of carbonyl (C=O) groups excluding carboxylic acids is 1. The molecule has 0 bridgehead atoms. The van der Waals surface area contributed by atoms with Crippen molar-refractivity contribution in [3.05, 3.63) is 48.0 Å². The molecular formula is C18H20N2O3S2. The first-order chi connectivity index (χ1) is 11.9. The minimum Gasteiger partial charge on any atom is -0.325 e. The molecule has 7 heteroatoms. The van der Waals surface area contributed by atoms with Gasteiger partial charge in [-0.25, -0.2) is 8.42 Å². The van der Waals surface area contributed by atoms with E-state index in [1.807, 2.05) is 26.0 Å². The molecule has 0 aromatic heterocycles. The summed E-state index contributed by atoms with van der Waals surface area (Å²) < 4.78 is 28.2. The summed E-state index contributed by atoms with van der Waals surface area (Å²) in [7, 11) is -3.73. The molecule has 2 aromatic rings. The lowest BCUT2D eigenvalue weighted by molar-refractivity contribution is -0.118. The number of aryl methyl sites for hydroxylation is 1. The lowest BCUT2D eigenvalue weighted by Gasteiger charge is -2.13. The highest BCUT2D eigenvalue weighted by Crippen LogP contribution is 2.34. The molecule has 0 unspecified atom stereocenters. The van der Waals surface area contributed by atoms with Crippen LogP contribution in [-0.2, 0) is 21.2 Å². The maximum absolute atomic E-state index is 12.8. The van der Waals surface area contributed by atoms with Crippen molar-refractivity contribution in [2.75, 3.05) is 15.8 Å². The molecule has 0 fully saturated rings. The summed E-state index contributed by atoms with van der Waals surface area (Å²) in [6, 6.07) is 12.2. The van der Waals surface area contributed by atoms with Gasteiger partial charge < -0.3 is 5.32 Å². The Labute approximate surface area is 152 Å². The fourth-order valence-corrected chi connectivity index (χ4v) is 4.72. The standard InChI is InChI=1S/C18H20N2O3S2/c1-3-13-6-4-5-7-15(13)20-25(22,23)14-8-9-17-16(10-14)19-18(21)12(2)11-24-17/h4-10,12,20H,3,11H2,1-2H3,(H,19,21)/t12-/m0/s1. The molecule has 5 nitrogen and oxygen atoms in total. The van der Waals surface area contributed by atoms with E-state index in [2.05, 4.69) is 10.0 Å². The SMILES string of the molecule is CCc1ccccc1NS(=O)(=O)c1ccc2c(c1)NC(=O)[C@@H](C)CS2. The van der Waals surface area contributed by atoms with Crippen molar-refractivity contribution < 1.29 is 13.2 Å². The van der Waals surface area contributed by atoms with Gasteiger partial charge in [0.1, 0.15) is 0 Å².